The average Bonchev–Trinajstić information content (AvgIpc) is 2.87. The van der Waals surface area contributed by atoms with E-state index in [2.05, 4.69) is 52.8 Å². The molecule has 2 heterocycles. The maximum absolute atomic E-state index is 4.61. The first-order valence-corrected chi connectivity index (χ1v) is 7.92. The fourth-order valence-electron chi connectivity index (χ4n) is 2.12. The Hall–Kier alpha value is -1.36. The Bertz CT molecular complexity index is 523. The van der Waals surface area contributed by atoms with Gasteiger partial charge in [0.15, 0.2) is 0 Å². The minimum atomic E-state index is 0.484. The SMILES string of the molecule is CCCC(CC)Nc1nc(NCC)nc2sccc12. The summed E-state index contributed by atoms with van der Waals surface area (Å²) < 4.78 is 0. The number of nitrogens with one attached hydrogen (secondary N) is 2. The van der Waals surface area contributed by atoms with Gasteiger partial charge in [0.05, 0.1) is 5.39 Å². The Morgan fingerprint density at radius 2 is 2.11 bits per heavy atom. The summed E-state index contributed by atoms with van der Waals surface area (Å²) in [4.78, 5) is 10.2. The Kier molecular flexibility index (Phi) is 4.96. The number of fused-ring (bicyclic) bond motifs is 1. The number of nitrogens with zero attached hydrogens (tertiary/aromatic N) is 2. The van der Waals surface area contributed by atoms with Crippen LogP contribution in [-0.4, -0.2) is 22.6 Å². The third-order valence-electron chi connectivity index (χ3n) is 3.13. The Morgan fingerprint density at radius 1 is 1.26 bits per heavy atom. The van der Waals surface area contributed by atoms with E-state index in [0.29, 0.717) is 12.0 Å². The minimum Gasteiger partial charge on any atom is -0.367 e. The highest BCUT2D eigenvalue weighted by atomic mass is 32.1. The van der Waals surface area contributed by atoms with Crippen LogP contribution >= 0.6 is 11.3 Å². The van der Waals surface area contributed by atoms with Crippen molar-refractivity contribution in [3.8, 4) is 0 Å². The lowest BCUT2D eigenvalue weighted by atomic mass is 10.1. The minimum absolute atomic E-state index is 0.484. The second-order valence-corrected chi connectivity index (χ2v) is 5.50. The zero-order chi connectivity index (χ0) is 13.7. The molecule has 2 N–H and O–H groups in total. The van der Waals surface area contributed by atoms with Gasteiger partial charge in [0.25, 0.3) is 0 Å². The van der Waals surface area contributed by atoms with Gasteiger partial charge >= 0.3 is 0 Å². The van der Waals surface area contributed by atoms with Gasteiger partial charge in [0.1, 0.15) is 10.6 Å². The molecular formula is C14H22N4S. The summed E-state index contributed by atoms with van der Waals surface area (Å²) in [5.74, 6) is 1.67. The number of anilines is 2. The van der Waals surface area contributed by atoms with Crippen molar-refractivity contribution in [3.05, 3.63) is 11.4 Å². The van der Waals surface area contributed by atoms with E-state index in [4.69, 9.17) is 0 Å². The van der Waals surface area contributed by atoms with E-state index in [1.165, 1.54) is 12.8 Å². The maximum Gasteiger partial charge on any atom is 0.226 e. The quantitative estimate of drug-likeness (QED) is 0.800. The Morgan fingerprint density at radius 3 is 2.79 bits per heavy atom. The van der Waals surface area contributed by atoms with Crippen molar-refractivity contribution in [2.24, 2.45) is 0 Å². The molecular weight excluding hydrogens is 256 g/mol. The molecule has 2 aromatic heterocycles. The zero-order valence-electron chi connectivity index (χ0n) is 11.9. The molecule has 2 aromatic rings. The monoisotopic (exact) mass is 278 g/mol. The molecule has 0 radical (unpaired) electrons. The van der Waals surface area contributed by atoms with Crippen molar-refractivity contribution >= 4 is 33.3 Å². The van der Waals surface area contributed by atoms with Crippen molar-refractivity contribution in [2.45, 2.75) is 46.1 Å². The highest BCUT2D eigenvalue weighted by Gasteiger charge is 2.12. The molecule has 0 saturated carbocycles. The summed E-state index contributed by atoms with van der Waals surface area (Å²) >= 11 is 1.66. The van der Waals surface area contributed by atoms with Gasteiger partial charge in [0, 0.05) is 12.6 Å². The van der Waals surface area contributed by atoms with Gasteiger partial charge < -0.3 is 10.6 Å². The second-order valence-electron chi connectivity index (χ2n) is 4.60. The van der Waals surface area contributed by atoms with Crippen LogP contribution in [0.3, 0.4) is 0 Å². The molecule has 1 unspecified atom stereocenters. The number of hydrogen-bond acceptors (Lipinski definition) is 5. The molecule has 0 amide bonds. The summed E-state index contributed by atoms with van der Waals surface area (Å²) in [6, 6.07) is 2.58. The lowest BCUT2D eigenvalue weighted by Gasteiger charge is -2.17. The summed E-state index contributed by atoms with van der Waals surface area (Å²) in [7, 11) is 0. The number of aromatic nitrogens is 2. The molecule has 0 aromatic carbocycles. The van der Waals surface area contributed by atoms with E-state index in [1.54, 1.807) is 11.3 Å². The first kappa shape index (κ1) is 14.1. The van der Waals surface area contributed by atoms with Crippen LogP contribution in [0.1, 0.15) is 40.0 Å². The van der Waals surface area contributed by atoms with Crippen LogP contribution < -0.4 is 10.6 Å². The third-order valence-corrected chi connectivity index (χ3v) is 3.94. The molecule has 0 bridgehead atoms. The lowest BCUT2D eigenvalue weighted by molar-refractivity contribution is 0.621. The summed E-state index contributed by atoms with van der Waals surface area (Å²) in [6.45, 7) is 7.32. The first-order chi connectivity index (χ1) is 9.28. The van der Waals surface area contributed by atoms with E-state index < -0.39 is 0 Å². The molecule has 0 fully saturated rings. The molecule has 5 heteroatoms. The molecule has 0 aliphatic carbocycles. The molecule has 0 aliphatic rings. The van der Waals surface area contributed by atoms with E-state index in [0.717, 1.165) is 29.0 Å². The molecule has 4 nitrogen and oxygen atoms in total. The third kappa shape index (κ3) is 3.35. The van der Waals surface area contributed by atoms with Gasteiger partial charge in [-0.3, -0.25) is 0 Å². The van der Waals surface area contributed by atoms with Gasteiger partial charge in [-0.15, -0.1) is 11.3 Å². The molecule has 0 spiro atoms. The lowest BCUT2D eigenvalue weighted by Crippen LogP contribution is -2.19. The van der Waals surface area contributed by atoms with Crippen LogP contribution in [-0.2, 0) is 0 Å². The van der Waals surface area contributed by atoms with Crippen molar-refractivity contribution < 1.29 is 0 Å². The standard InChI is InChI=1S/C14H22N4S/c1-4-7-10(5-2)16-12-11-8-9-19-13(11)18-14(17-12)15-6-3/h8-10H,4-7H2,1-3H3,(H2,15,16,17,18). The zero-order valence-corrected chi connectivity index (χ0v) is 12.7. The molecule has 0 aliphatic heterocycles. The molecule has 104 valence electrons. The second kappa shape index (κ2) is 6.70. The fraction of sp³-hybridized carbons (Fsp3) is 0.571. The Balaban J connectivity index is 2.31. The maximum atomic E-state index is 4.61. The molecule has 2 rings (SSSR count). The van der Waals surface area contributed by atoms with Crippen molar-refractivity contribution in [3.63, 3.8) is 0 Å². The van der Waals surface area contributed by atoms with Crippen molar-refractivity contribution in [2.75, 3.05) is 17.2 Å². The van der Waals surface area contributed by atoms with E-state index >= 15 is 0 Å². The predicted octanol–water partition coefficient (Wildman–Crippen LogP) is 4.11. The van der Waals surface area contributed by atoms with Crippen molar-refractivity contribution in [1.82, 2.24) is 9.97 Å². The predicted molar refractivity (Wildman–Crippen MR) is 84.2 cm³/mol. The normalized spacial score (nSPS) is 12.6. The van der Waals surface area contributed by atoms with Crippen LogP contribution in [0.25, 0.3) is 10.2 Å². The number of hydrogen-bond donors (Lipinski definition) is 2. The number of thiophene rings is 1. The molecule has 1 atom stereocenters. The number of rotatable bonds is 7. The van der Waals surface area contributed by atoms with Crippen LogP contribution in [0.5, 0.6) is 0 Å². The van der Waals surface area contributed by atoms with Crippen LogP contribution in [0.2, 0.25) is 0 Å². The van der Waals surface area contributed by atoms with Crippen LogP contribution in [0.4, 0.5) is 11.8 Å². The van der Waals surface area contributed by atoms with Crippen LogP contribution in [0.15, 0.2) is 11.4 Å². The summed E-state index contributed by atoms with van der Waals surface area (Å²) in [5, 5.41) is 9.97. The smallest absolute Gasteiger partial charge is 0.226 e. The van der Waals surface area contributed by atoms with Crippen LogP contribution in [0, 0.1) is 0 Å². The van der Waals surface area contributed by atoms with Gasteiger partial charge in [0.2, 0.25) is 5.95 Å². The van der Waals surface area contributed by atoms with Gasteiger partial charge in [-0.2, -0.15) is 4.98 Å². The first-order valence-electron chi connectivity index (χ1n) is 7.04. The largest absolute Gasteiger partial charge is 0.367 e. The van der Waals surface area contributed by atoms with Crippen molar-refractivity contribution in [1.29, 1.82) is 0 Å². The average molecular weight is 278 g/mol. The van der Waals surface area contributed by atoms with E-state index in [1.807, 2.05) is 0 Å². The van der Waals surface area contributed by atoms with E-state index in [9.17, 15) is 0 Å². The summed E-state index contributed by atoms with van der Waals surface area (Å²) in [6.07, 6.45) is 3.46. The fourth-order valence-corrected chi connectivity index (χ4v) is 2.89. The van der Waals surface area contributed by atoms with Gasteiger partial charge in [-0.25, -0.2) is 4.98 Å². The topological polar surface area (TPSA) is 49.8 Å². The van der Waals surface area contributed by atoms with E-state index in [-0.39, 0.29) is 0 Å². The molecule has 19 heavy (non-hydrogen) atoms. The summed E-state index contributed by atoms with van der Waals surface area (Å²) in [5.41, 5.74) is 0. The molecule has 0 saturated heterocycles. The van der Waals surface area contributed by atoms with Gasteiger partial charge in [-0.1, -0.05) is 20.3 Å². The Labute approximate surface area is 118 Å². The highest BCUT2D eigenvalue weighted by molar-refractivity contribution is 7.16. The highest BCUT2D eigenvalue weighted by Crippen LogP contribution is 2.27. The van der Waals surface area contributed by atoms with Gasteiger partial charge in [-0.05, 0) is 31.2 Å².